The van der Waals surface area contributed by atoms with Crippen molar-refractivity contribution >= 4 is 29.5 Å². The second-order valence-corrected chi connectivity index (χ2v) is 5.34. The summed E-state index contributed by atoms with van der Waals surface area (Å²) in [5.74, 6) is -2.41. The fourth-order valence-corrected chi connectivity index (χ4v) is 2.23. The Kier molecular flexibility index (Phi) is 6.27. The first-order chi connectivity index (χ1) is 12.8. The van der Waals surface area contributed by atoms with Crippen molar-refractivity contribution in [1.82, 2.24) is 0 Å². The zero-order valence-electron chi connectivity index (χ0n) is 14.9. The first kappa shape index (κ1) is 19.6. The highest BCUT2D eigenvalue weighted by molar-refractivity contribution is 6.09. The van der Waals surface area contributed by atoms with E-state index < -0.39 is 23.8 Å². The number of nitrogens with one attached hydrogen (secondary N) is 1. The lowest BCUT2D eigenvalue weighted by Crippen LogP contribution is -2.17. The Morgan fingerprint density at radius 3 is 2.15 bits per heavy atom. The molecule has 0 aliphatic rings. The summed E-state index contributed by atoms with van der Waals surface area (Å²) >= 11 is 0. The van der Waals surface area contributed by atoms with E-state index in [4.69, 9.17) is 9.47 Å². The summed E-state index contributed by atoms with van der Waals surface area (Å²) in [6.07, 6.45) is 0. The normalized spacial score (nSPS) is 9.89. The highest BCUT2D eigenvalue weighted by atomic mass is 16.5. The zero-order valence-corrected chi connectivity index (χ0v) is 14.9. The van der Waals surface area contributed by atoms with E-state index in [0.29, 0.717) is 0 Å². The predicted octanol–water partition coefficient (Wildman–Crippen LogP) is 2.58. The molecule has 8 nitrogen and oxygen atoms in total. The van der Waals surface area contributed by atoms with Gasteiger partial charge in [-0.1, -0.05) is 12.1 Å². The second-order valence-electron chi connectivity index (χ2n) is 5.34. The number of para-hydroxylation sites is 1. The lowest BCUT2D eigenvalue weighted by molar-refractivity contribution is -0.133. The van der Waals surface area contributed by atoms with Gasteiger partial charge in [-0.3, -0.25) is 14.4 Å². The molecular weight excluding hydrogens is 354 g/mol. The largest absolute Gasteiger partial charge is 0.465 e. The molecule has 0 spiro atoms. The number of esters is 3. The number of methoxy groups -OCH3 is 1. The van der Waals surface area contributed by atoms with Crippen molar-refractivity contribution in [3.63, 3.8) is 0 Å². The molecule has 0 heterocycles. The third-order valence-electron chi connectivity index (χ3n) is 3.29. The van der Waals surface area contributed by atoms with Crippen molar-refractivity contribution in [3.05, 3.63) is 53.6 Å². The van der Waals surface area contributed by atoms with E-state index in [9.17, 15) is 19.2 Å². The Bertz CT molecular complexity index is 905. The number of carbonyl (C=O) groups excluding carboxylic acids is 4. The van der Waals surface area contributed by atoms with E-state index in [2.05, 4.69) is 10.1 Å². The minimum atomic E-state index is -0.670. The van der Waals surface area contributed by atoms with Gasteiger partial charge in [0.25, 0.3) is 5.91 Å². The molecular formula is C19H17NO7. The monoisotopic (exact) mass is 371 g/mol. The molecule has 27 heavy (non-hydrogen) atoms. The third-order valence-corrected chi connectivity index (χ3v) is 3.29. The van der Waals surface area contributed by atoms with E-state index in [0.717, 1.165) is 0 Å². The number of rotatable bonds is 5. The summed E-state index contributed by atoms with van der Waals surface area (Å²) in [4.78, 5) is 47.0. The number of hydrogen-bond donors (Lipinski definition) is 1. The molecule has 0 radical (unpaired) electrons. The fourth-order valence-electron chi connectivity index (χ4n) is 2.23. The van der Waals surface area contributed by atoms with Crippen molar-refractivity contribution in [2.75, 3.05) is 12.4 Å². The standard InChI is InChI=1S/C19H17NO7/c1-11(21)26-13-8-9-17(27-12(2)22)15(10-13)18(23)20-16-7-5-4-6-14(16)19(24)25-3/h4-10H,1-3H3,(H,20,23). The first-order valence-corrected chi connectivity index (χ1v) is 7.81. The van der Waals surface area contributed by atoms with Crippen LogP contribution in [-0.4, -0.2) is 30.9 Å². The van der Waals surface area contributed by atoms with Gasteiger partial charge in [-0.15, -0.1) is 0 Å². The summed E-state index contributed by atoms with van der Waals surface area (Å²) < 4.78 is 14.7. The number of anilines is 1. The maximum atomic E-state index is 12.7. The van der Waals surface area contributed by atoms with Crippen LogP contribution in [-0.2, 0) is 14.3 Å². The first-order valence-electron chi connectivity index (χ1n) is 7.81. The Morgan fingerprint density at radius 2 is 1.52 bits per heavy atom. The number of ether oxygens (including phenoxy) is 3. The molecule has 0 unspecified atom stereocenters. The van der Waals surface area contributed by atoms with Crippen molar-refractivity contribution in [2.24, 2.45) is 0 Å². The lowest BCUT2D eigenvalue weighted by atomic mass is 10.1. The number of amides is 1. The van der Waals surface area contributed by atoms with Gasteiger partial charge in [-0.25, -0.2) is 4.79 Å². The highest BCUT2D eigenvalue weighted by Gasteiger charge is 2.19. The molecule has 0 fully saturated rings. The maximum absolute atomic E-state index is 12.7. The van der Waals surface area contributed by atoms with Gasteiger partial charge in [0.2, 0.25) is 0 Å². The summed E-state index contributed by atoms with van der Waals surface area (Å²) in [6.45, 7) is 2.40. The van der Waals surface area contributed by atoms with Crippen molar-refractivity contribution in [2.45, 2.75) is 13.8 Å². The molecule has 0 saturated carbocycles. The van der Waals surface area contributed by atoms with Crippen LogP contribution in [0.5, 0.6) is 11.5 Å². The summed E-state index contributed by atoms with van der Waals surface area (Å²) in [6, 6.07) is 10.2. The Morgan fingerprint density at radius 1 is 0.852 bits per heavy atom. The summed E-state index contributed by atoms with van der Waals surface area (Å²) in [5.41, 5.74) is 0.308. The van der Waals surface area contributed by atoms with Gasteiger partial charge in [0.1, 0.15) is 11.5 Å². The van der Waals surface area contributed by atoms with Crippen LogP contribution in [0.3, 0.4) is 0 Å². The molecule has 0 atom stereocenters. The van der Waals surface area contributed by atoms with Crippen LogP contribution < -0.4 is 14.8 Å². The summed E-state index contributed by atoms with van der Waals surface area (Å²) in [7, 11) is 1.22. The Balaban J connectivity index is 2.40. The van der Waals surface area contributed by atoms with Gasteiger partial charge >= 0.3 is 17.9 Å². The van der Waals surface area contributed by atoms with Gasteiger partial charge in [0.15, 0.2) is 0 Å². The number of benzene rings is 2. The molecule has 0 aliphatic carbocycles. The maximum Gasteiger partial charge on any atom is 0.339 e. The number of hydrogen-bond acceptors (Lipinski definition) is 7. The summed E-state index contributed by atoms with van der Waals surface area (Å²) in [5, 5.41) is 2.56. The van der Waals surface area contributed by atoms with Gasteiger partial charge in [0.05, 0.1) is 23.9 Å². The molecule has 0 bridgehead atoms. The Labute approximate surface area is 155 Å². The van der Waals surface area contributed by atoms with Gasteiger partial charge in [-0.05, 0) is 30.3 Å². The molecule has 1 N–H and O–H groups in total. The van der Waals surface area contributed by atoms with Crippen molar-refractivity contribution < 1.29 is 33.4 Å². The fraction of sp³-hybridized carbons (Fsp3) is 0.158. The second kappa shape index (κ2) is 8.61. The smallest absolute Gasteiger partial charge is 0.339 e. The van der Waals surface area contributed by atoms with Crippen LogP contribution in [0.2, 0.25) is 0 Å². The average molecular weight is 371 g/mol. The van der Waals surface area contributed by atoms with Crippen LogP contribution in [0.1, 0.15) is 34.6 Å². The van der Waals surface area contributed by atoms with Crippen LogP contribution in [0.15, 0.2) is 42.5 Å². The zero-order chi connectivity index (χ0) is 20.0. The molecule has 0 saturated heterocycles. The quantitative estimate of drug-likeness (QED) is 0.636. The van der Waals surface area contributed by atoms with Gasteiger partial charge in [0, 0.05) is 13.8 Å². The van der Waals surface area contributed by atoms with Crippen LogP contribution in [0.25, 0.3) is 0 Å². The minimum absolute atomic E-state index is 0.0218. The van der Waals surface area contributed by atoms with Crippen LogP contribution >= 0.6 is 0 Å². The number of carbonyl (C=O) groups is 4. The molecule has 2 aromatic carbocycles. The third kappa shape index (κ3) is 5.15. The molecule has 140 valence electrons. The average Bonchev–Trinajstić information content (AvgIpc) is 2.61. The van der Waals surface area contributed by atoms with Gasteiger partial charge < -0.3 is 19.5 Å². The van der Waals surface area contributed by atoms with Gasteiger partial charge in [-0.2, -0.15) is 0 Å². The predicted molar refractivity (Wildman–Crippen MR) is 94.8 cm³/mol. The minimum Gasteiger partial charge on any atom is -0.465 e. The Hall–Kier alpha value is -3.68. The van der Waals surface area contributed by atoms with Crippen molar-refractivity contribution in [1.29, 1.82) is 0 Å². The molecule has 0 aliphatic heterocycles. The van der Waals surface area contributed by atoms with E-state index in [1.807, 2.05) is 0 Å². The molecule has 2 aromatic rings. The molecule has 0 aromatic heterocycles. The molecule has 8 heteroatoms. The molecule has 1 amide bonds. The topological polar surface area (TPSA) is 108 Å². The highest BCUT2D eigenvalue weighted by Crippen LogP contribution is 2.26. The van der Waals surface area contributed by atoms with E-state index in [-0.39, 0.29) is 28.3 Å². The van der Waals surface area contributed by atoms with Crippen LogP contribution in [0, 0.1) is 0 Å². The van der Waals surface area contributed by atoms with E-state index in [1.54, 1.807) is 12.1 Å². The van der Waals surface area contributed by atoms with Crippen molar-refractivity contribution in [3.8, 4) is 11.5 Å². The van der Waals surface area contributed by atoms with E-state index in [1.165, 1.54) is 51.3 Å². The van der Waals surface area contributed by atoms with Crippen LogP contribution in [0.4, 0.5) is 5.69 Å². The molecule has 2 rings (SSSR count). The van der Waals surface area contributed by atoms with E-state index >= 15 is 0 Å². The SMILES string of the molecule is COC(=O)c1ccccc1NC(=O)c1cc(OC(C)=O)ccc1OC(C)=O. The lowest BCUT2D eigenvalue weighted by Gasteiger charge is -2.13.